The highest BCUT2D eigenvalue weighted by Gasteiger charge is 2.19. The Morgan fingerprint density at radius 1 is 0.848 bits per heavy atom. The molecule has 12 heteroatoms. The standard InChI is InChI=1S/C21H35BrN2O9/c1-15(20(28)29)7-8-16(25)5-4-10-32-11-12-33-14-19(27)24-17(21(30)31)6-2-3-9-23-18(26)13-22/h15,17H,2-14H2,1H3,(H,23,26)(H,24,27)(H,28,29)(H,30,31)/t15?,17-/m0/s1. The number of aliphatic carboxylic acids is 2. The van der Waals surface area contributed by atoms with Crippen molar-refractivity contribution in [1.82, 2.24) is 10.6 Å². The summed E-state index contributed by atoms with van der Waals surface area (Å²) in [6.45, 7) is 2.41. The van der Waals surface area contributed by atoms with E-state index in [1.165, 1.54) is 0 Å². The molecule has 0 aromatic heterocycles. The van der Waals surface area contributed by atoms with E-state index in [0.717, 1.165) is 0 Å². The third-order valence-electron chi connectivity index (χ3n) is 4.62. The first-order valence-electron chi connectivity index (χ1n) is 10.9. The van der Waals surface area contributed by atoms with Gasteiger partial charge in [-0.15, -0.1) is 0 Å². The Morgan fingerprint density at radius 3 is 2.18 bits per heavy atom. The minimum Gasteiger partial charge on any atom is -0.481 e. The van der Waals surface area contributed by atoms with Crippen LogP contribution in [0.3, 0.4) is 0 Å². The van der Waals surface area contributed by atoms with Crippen molar-refractivity contribution in [2.75, 3.05) is 38.3 Å². The van der Waals surface area contributed by atoms with Crippen LogP contribution in [0.2, 0.25) is 0 Å². The van der Waals surface area contributed by atoms with Crippen molar-refractivity contribution in [3.8, 4) is 0 Å². The highest BCUT2D eigenvalue weighted by Crippen LogP contribution is 2.08. The van der Waals surface area contributed by atoms with Crippen LogP contribution in [0.15, 0.2) is 0 Å². The van der Waals surface area contributed by atoms with Gasteiger partial charge in [-0.2, -0.15) is 0 Å². The zero-order chi connectivity index (χ0) is 25.1. The Hall–Kier alpha value is -2.05. The fraction of sp³-hybridized carbons (Fsp3) is 0.762. The van der Waals surface area contributed by atoms with Crippen molar-refractivity contribution in [1.29, 1.82) is 0 Å². The number of unbranched alkanes of at least 4 members (excludes halogenated alkanes) is 1. The van der Waals surface area contributed by atoms with Gasteiger partial charge in [-0.05, 0) is 32.1 Å². The van der Waals surface area contributed by atoms with Crippen LogP contribution >= 0.6 is 15.9 Å². The monoisotopic (exact) mass is 538 g/mol. The van der Waals surface area contributed by atoms with E-state index in [1.807, 2.05) is 0 Å². The second kappa shape index (κ2) is 19.4. The SMILES string of the molecule is CC(CCC(=O)CCCOCCOCC(=O)N[C@@H](CCCCNC(=O)CBr)C(=O)O)C(=O)O. The van der Waals surface area contributed by atoms with Gasteiger partial charge >= 0.3 is 11.9 Å². The number of amides is 2. The van der Waals surface area contributed by atoms with Crippen LogP contribution in [-0.2, 0) is 33.4 Å². The van der Waals surface area contributed by atoms with Crippen LogP contribution in [0.4, 0.5) is 0 Å². The first kappa shape index (κ1) is 30.9. The molecule has 0 rings (SSSR count). The summed E-state index contributed by atoms with van der Waals surface area (Å²) in [4.78, 5) is 56.6. The number of ether oxygens (including phenoxy) is 2. The van der Waals surface area contributed by atoms with Crippen molar-refractivity contribution in [3.05, 3.63) is 0 Å². The number of halogens is 1. The van der Waals surface area contributed by atoms with Crippen LogP contribution in [0, 0.1) is 5.92 Å². The van der Waals surface area contributed by atoms with Gasteiger partial charge in [0.15, 0.2) is 0 Å². The zero-order valence-electron chi connectivity index (χ0n) is 19.0. The van der Waals surface area contributed by atoms with Gasteiger partial charge < -0.3 is 30.3 Å². The molecule has 0 aromatic carbocycles. The molecule has 4 N–H and O–H groups in total. The smallest absolute Gasteiger partial charge is 0.326 e. The number of hydrogen-bond acceptors (Lipinski definition) is 7. The Bertz CT molecular complexity index is 631. The molecular weight excluding hydrogens is 504 g/mol. The molecule has 2 atom stereocenters. The summed E-state index contributed by atoms with van der Waals surface area (Å²) in [5, 5.41) is 23.3. The fourth-order valence-electron chi connectivity index (χ4n) is 2.62. The normalized spacial score (nSPS) is 12.5. The van der Waals surface area contributed by atoms with Crippen molar-refractivity contribution in [2.45, 2.75) is 57.9 Å². The predicted molar refractivity (Wildman–Crippen MR) is 122 cm³/mol. The van der Waals surface area contributed by atoms with E-state index in [-0.39, 0.29) is 49.7 Å². The van der Waals surface area contributed by atoms with E-state index in [9.17, 15) is 29.1 Å². The molecule has 11 nitrogen and oxygen atoms in total. The van der Waals surface area contributed by atoms with Crippen LogP contribution in [0.1, 0.15) is 51.9 Å². The van der Waals surface area contributed by atoms with Gasteiger partial charge in [0.25, 0.3) is 0 Å². The number of hydrogen-bond donors (Lipinski definition) is 4. The number of carbonyl (C=O) groups excluding carboxylic acids is 3. The second-order valence-electron chi connectivity index (χ2n) is 7.52. The molecule has 0 aliphatic rings. The number of Topliss-reactive ketones (excluding diaryl/α,β-unsaturated/α-hetero) is 1. The van der Waals surface area contributed by atoms with Crippen LogP contribution in [-0.4, -0.2) is 84.1 Å². The van der Waals surface area contributed by atoms with Crippen LogP contribution < -0.4 is 10.6 Å². The third-order valence-corrected chi connectivity index (χ3v) is 5.13. The molecule has 0 radical (unpaired) electrons. The minimum absolute atomic E-state index is 0.00343. The molecule has 0 aliphatic heterocycles. The van der Waals surface area contributed by atoms with Gasteiger partial charge in [-0.25, -0.2) is 4.79 Å². The second-order valence-corrected chi connectivity index (χ2v) is 8.08. The molecule has 0 aromatic rings. The summed E-state index contributed by atoms with van der Waals surface area (Å²) < 4.78 is 10.5. The fourth-order valence-corrected chi connectivity index (χ4v) is 2.82. The number of alkyl halides is 1. The summed E-state index contributed by atoms with van der Waals surface area (Å²) in [5.41, 5.74) is 0. The number of carboxylic acid groups (broad SMARTS) is 2. The topological polar surface area (TPSA) is 168 Å². The van der Waals surface area contributed by atoms with E-state index in [1.54, 1.807) is 6.92 Å². The molecule has 0 spiro atoms. The van der Waals surface area contributed by atoms with Crippen molar-refractivity contribution < 1.29 is 43.7 Å². The first-order chi connectivity index (χ1) is 15.7. The number of rotatable bonds is 21. The van der Waals surface area contributed by atoms with Gasteiger partial charge in [0.2, 0.25) is 11.8 Å². The van der Waals surface area contributed by atoms with E-state index in [4.69, 9.17) is 14.6 Å². The quantitative estimate of drug-likeness (QED) is 0.123. The minimum atomic E-state index is -1.14. The number of carbonyl (C=O) groups is 5. The predicted octanol–water partition coefficient (Wildman–Crippen LogP) is 1.12. The van der Waals surface area contributed by atoms with Crippen LogP contribution in [0.5, 0.6) is 0 Å². The average molecular weight is 539 g/mol. The van der Waals surface area contributed by atoms with Gasteiger partial charge in [0.05, 0.1) is 24.5 Å². The maximum atomic E-state index is 11.9. The molecule has 33 heavy (non-hydrogen) atoms. The first-order valence-corrected chi connectivity index (χ1v) is 12.0. The highest BCUT2D eigenvalue weighted by atomic mass is 79.9. The Balaban J connectivity index is 3.77. The zero-order valence-corrected chi connectivity index (χ0v) is 20.6. The molecule has 0 saturated carbocycles. The maximum absolute atomic E-state index is 11.9. The Labute approximate surface area is 202 Å². The Morgan fingerprint density at radius 2 is 1.55 bits per heavy atom. The maximum Gasteiger partial charge on any atom is 0.326 e. The lowest BCUT2D eigenvalue weighted by atomic mass is 10.0. The average Bonchev–Trinajstić information content (AvgIpc) is 2.77. The molecule has 0 aliphatic carbocycles. The number of nitrogens with one attached hydrogen (secondary N) is 2. The van der Waals surface area contributed by atoms with Crippen LogP contribution in [0.25, 0.3) is 0 Å². The largest absolute Gasteiger partial charge is 0.481 e. The molecule has 0 saturated heterocycles. The lowest BCUT2D eigenvalue weighted by Gasteiger charge is -2.14. The summed E-state index contributed by atoms with van der Waals surface area (Å²) in [7, 11) is 0. The van der Waals surface area contributed by atoms with E-state index < -0.39 is 29.8 Å². The lowest BCUT2D eigenvalue weighted by molar-refractivity contribution is -0.143. The van der Waals surface area contributed by atoms with Crippen molar-refractivity contribution in [3.63, 3.8) is 0 Å². The molecule has 2 amide bonds. The molecule has 0 heterocycles. The van der Waals surface area contributed by atoms with Crippen molar-refractivity contribution in [2.24, 2.45) is 5.92 Å². The summed E-state index contributed by atoms with van der Waals surface area (Å²) >= 11 is 3.03. The molecular formula is C21H35BrN2O9. The van der Waals surface area contributed by atoms with Gasteiger partial charge in [0.1, 0.15) is 18.4 Å². The number of carboxylic acids is 2. The lowest BCUT2D eigenvalue weighted by Crippen LogP contribution is -2.42. The van der Waals surface area contributed by atoms with Crippen molar-refractivity contribution >= 4 is 45.5 Å². The highest BCUT2D eigenvalue weighted by molar-refractivity contribution is 9.09. The molecule has 0 bridgehead atoms. The van der Waals surface area contributed by atoms with Gasteiger partial charge in [-0.1, -0.05) is 22.9 Å². The molecule has 1 unspecified atom stereocenters. The van der Waals surface area contributed by atoms with E-state index in [0.29, 0.717) is 45.3 Å². The summed E-state index contributed by atoms with van der Waals surface area (Å²) in [6.07, 6.45) is 2.74. The number of ketones is 1. The summed E-state index contributed by atoms with van der Waals surface area (Å²) in [6, 6.07) is -1.03. The van der Waals surface area contributed by atoms with E-state index >= 15 is 0 Å². The van der Waals surface area contributed by atoms with Gasteiger partial charge in [0, 0.05) is 26.0 Å². The third kappa shape index (κ3) is 18.1. The Kier molecular flexibility index (Phi) is 18.2. The molecule has 190 valence electrons. The molecule has 0 fully saturated rings. The van der Waals surface area contributed by atoms with Gasteiger partial charge in [-0.3, -0.25) is 19.2 Å². The van der Waals surface area contributed by atoms with E-state index in [2.05, 4.69) is 26.6 Å². The summed E-state index contributed by atoms with van der Waals surface area (Å²) in [5.74, 6) is -3.28.